The number of nitrogens with one attached hydrogen (secondary N) is 2. The van der Waals surface area contributed by atoms with Gasteiger partial charge in [-0.15, -0.1) is 0 Å². The number of aromatic amines is 1. The van der Waals surface area contributed by atoms with E-state index in [1.54, 1.807) is 14.2 Å². The second-order valence-corrected chi connectivity index (χ2v) is 6.37. The van der Waals surface area contributed by atoms with Gasteiger partial charge in [0.05, 0.1) is 17.7 Å². The van der Waals surface area contributed by atoms with Crippen LogP contribution >= 0.6 is 0 Å². The molecule has 1 aliphatic carbocycles. The zero-order valence-electron chi connectivity index (χ0n) is 14.7. The first-order valence-electron chi connectivity index (χ1n) is 8.35. The number of aromatic nitrogens is 1. The van der Waals surface area contributed by atoms with Gasteiger partial charge in [0.15, 0.2) is 0 Å². The van der Waals surface area contributed by atoms with Crippen LogP contribution in [0.1, 0.15) is 32.7 Å². The van der Waals surface area contributed by atoms with Gasteiger partial charge in [-0.05, 0) is 18.1 Å². The number of hydrogen-bond donors (Lipinski definition) is 2. The van der Waals surface area contributed by atoms with Gasteiger partial charge in [0.25, 0.3) is 17.4 Å². The highest BCUT2D eigenvalue weighted by Gasteiger charge is 2.38. The summed E-state index contributed by atoms with van der Waals surface area (Å²) < 4.78 is 5.15. The lowest BCUT2D eigenvalue weighted by atomic mass is 10.1. The third-order valence-electron chi connectivity index (χ3n) is 4.36. The van der Waals surface area contributed by atoms with Crippen LogP contribution in [0.4, 0.5) is 0 Å². The Labute approximate surface area is 151 Å². The smallest absolute Gasteiger partial charge is 0.260 e. The van der Waals surface area contributed by atoms with Gasteiger partial charge in [0, 0.05) is 26.9 Å². The topological polar surface area (TPSA) is 91.5 Å². The molecule has 136 valence electrons. The number of methoxy groups -OCH3 is 1. The summed E-state index contributed by atoms with van der Waals surface area (Å²) >= 11 is 0. The molecular weight excluding hydrogens is 334 g/mol. The first-order valence-corrected chi connectivity index (χ1v) is 8.35. The fraction of sp³-hybridized carbons (Fsp3) is 0.316. The lowest BCUT2D eigenvalue weighted by Crippen LogP contribution is -2.33. The van der Waals surface area contributed by atoms with Gasteiger partial charge in [0.2, 0.25) is 0 Å². The minimum absolute atomic E-state index is 0.0276. The number of carbonyl (C=O) groups is 2. The maximum absolute atomic E-state index is 12.6. The molecule has 7 heteroatoms. The maximum Gasteiger partial charge on any atom is 0.260 e. The Morgan fingerprint density at radius 3 is 2.69 bits per heavy atom. The molecule has 1 fully saturated rings. The Kier molecular flexibility index (Phi) is 5.18. The SMILES string of the molecule is COC1CC1NC(=O)c1c[nH]c(=O)c(C(=O)N(C)Cc2ccccc2)c1. The van der Waals surface area contributed by atoms with Crippen LogP contribution in [0.5, 0.6) is 0 Å². The number of nitrogens with zero attached hydrogens (tertiary/aromatic N) is 1. The first-order chi connectivity index (χ1) is 12.5. The molecule has 0 spiro atoms. The molecule has 0 aliphatic heterocycles. The van der Waals surface area contributed by atoms with Gasteiger partial charge in [0.1, 0.15) is 5.56 Å². The van der Waals surface area contributed by atoms with Crippen molar-refractivity contribution in [2.45, 2.75) is 25.1 Å². The summed E-state index contributed by atoms with van der Waals surface area (Å²) in [6, 6.07) is 10.8. The lowest BCUT2D eigenvalue weighted by molar-refractivity contribution is 0.0783. The zero-order chi connectivity index (χ0) is 18.7. The molecular formula is C19H21N3O4. The van der Waals surface area contributed by atoms with E-state index < -0.39 is 11.5 Å². The van der Waals surface area contributed by atoms with Crippen LogP contribution in [-0.4, -0.2) is 48.0 Å². The normalized spacial score (nSPS) is 18.2. The predicted octanol–water partition coefficient (Wildman–Crippen LogP) is 1.16. The van der Waals surface area contributed by atoms with Crippen LogP contribution in [0.3, 0.4) is 0 Å². The van der Waals surface area contributed by atoms with Crippen molar-refractivity contribution in [3.05, 3.63) is 69.6 Å². The van der Waals surface area contributed by atoms with Crippen molar-refractivity contribution in [2.75, 3.05) is 14.2 Å². The molecule has 2 unspecified atom stereocenters. The van der Waals surface area contributed by atoms with Gasteiger partial charge >= 0.3 is 0 Å². The summed E-state index contributed by atoms with van der Waals surface area (Å²) in [7, 11) is 3.21. The molecule has 2 aromatic rings. The molecule has 1 aromatic heterocycles. The Balaban J connectivity index is 1.73. The monoisotopic (exact) mass is 355 g/mol. The second-order valence-electron chi connectivity index (χ2n) is 6.37. The Morgan fingerprint density at radius 2 is 2.04 bits per heavy atom. The third-order valence-corrected chi connectivity index (χ3v) is 4.36. The fourth-order valence-corrected chi connectivity index (χ4v) is 2.74. The molecule has 1 saturated carbocycles. The highest BCUT2D eigenvalue weighted by Crippen LogP contribution is 2.24. The van der Waals surface area contributed by atoms with Gasteiger partial charge in [-0.1, -0.05) is 30.3 Å². The molecule has 0 bridgehead atoms. The van der Waals surface area contributed by atoms with Crippen LogP contribution < -0.4 is 10.9 Å². The molecule has 3 rings (SSSR count). The van der Waals surface area contributed by atoms with E-state index in [1.807, 2.05) is 30.3 Å². The van der Waals surface area contributed by atoms with Crippen molar-refractivity contribution < 1.29 is 14.3 Å². The van der Waals surface area contributed by atoms with Crippen molar-refractivity contribution >= 4 is 11.8 Å². The van der Waals surface area contributed by atoms with E-state index in [0.717, 1.165) is 12.0 Å². The quantitative estimate of drug-likeness (QED) is 0.814. The van der Waals surface area contributed by atoms with Crippen molar-refractivity contribution in [2.24, 2.45) is 0 Å². The molecule has 2 N–H and O–H groups in total. The average molecular weight is 355 g/mol. The van der Waals surface area contributed by atoms with Gasteiger partial charge in [-0.2, -0.15) is 0 Å². The van der Waals surface area contributed by atoms with Gasteiger partial charge in [-0.3, -0.25) is 14.4 Å². The minimum atomic E-state index is -0.521. The number of benzene rings is 1. The number of amides is 2. The van der Waals surface area contributed by atoms with Crippen LogP contribution in [0, 0.1) is 0 Å². The number of rotatable bonds is 6. The molecule has 0 radical (unpaired) electrons. The van der Waals surface area contributed by atoms with E-state index in [9.17, 15) is 14.4 Å². The number of ether oxygens (including phenoxy) is 1. The lowest BCUT2D eigenvalue weighted by Gasteiger charge is -2.17. The van der Waals surface area contributed by atoms with E-state index in [4.69, 9.17) is 4.74 Å². The number of H-pyrrole nitrogens is 1. The number of hydrogen-bond acceptors (Lipinski definition) is 4. The molecule has 1 heterocycles. The molecule has 2 amide bonds. The van der Waals surface area contributed by atoms with E-state index >= 15 is 0 Å². The maximum atomic E-state index is 12.6. The summed E-state index contributed by atoms with van der Waals surface area (Å²) in [5.41, 5.74) is 0.610. The summed E-state index contributed by atoms with van der Waals surface area (Å²) in [6.45, 7) is 0.368. The van der Waals surface area contributed by atoms with Crippen LogP contribution in [-0.2, 0) is 11.3 Å². The number of pyridine rings is 1. The molecule has 2 atom stereocenters. The first kappa shape index (κ1) is 17.9. The second kappa shape index (κ2) is 7.53. The van der Waals surface area contributed by atoms with E-state index in [0.29, 0.717) is 6.54 Å². The Morgan fingerprint density at radius 1 is 1.31 bits per heavy atom. The summed E-state index contributed by atoms with van der Waals surface area (Å²) in [4.78, 5) is 40.9. The molecule has 1 aliphatic rings. The van der Waals surface area contributed by atoms with Crippen molar-refractivity contribution in [1.29, 1.82) is 0 Å². The fourth-order valence-electron chi connectivity index (χ4n) is 2.74. The minimum Gasteiger partial charge on any atom is -0.379 e. The Hall–Kier alpha value is -2.93. The average Bonchev–Trinajstić information content (AvgIpc) is 3.40. The van der Waals surface area contributed by atoms with Crippen molar-refractivity contribution in [3.63, 3.8) is 0 Å². The number of carbonyl (C=O) groups excluding carboxylic acids is 2. The van der Waals surface area contributed by atoms with Crippen LogP contribution in [0.15, 0.2) is 47.4 Å². The Bertz CT molecular complexity index is 863. The van der Waals surface area contributed by atoms with E-state index in [1.165, 1.54) is 17.2 Å². The van der Waals surface area contributed by atoms with Crippen LogP contribution in [0.25, 0.3) is 0 Å². The van der Waals surface area contributed by atoms with E-state index in [-0.39, 0.29) is 29.2 Å². The van der Waals surface area contributed by atoms with Gasteiger partial charge in [-0.25, -0.2) is 0 Å². The van der Waals surface area contributed by atoms with Crippen molar-refractivity contribution in [1.82, 2.24) is 15.2 Å². The molecule has 26 heavy (non-hydrogen) atoms. The summed E-state index contributed by atoms with van der Waals surface area (Å²) in [6.07, 6.45) is 2.10. The standard InChI is InChI=1S/C19H21N3O4/c1-22(11-12-6-4-3-5-7-12)19(25)14-8-13(10-20-18(14)24)17(23)21-15-9-16(15)26-2/h3-8,10,15-16H,9,11H2,1-2H3,(H,20,24)(H,21,23). The highest BCUT2D eigenvalue weighted by atomic mass is 16.5. The van der Waals surface area contributed by atoms with Gasteiger partial charge < -0.3 is 19.9 Å². The van der Waals surface area contributed by atoms with Crippen LogP contribution in [0.2, 0.25) is 0 Å². The highest BCUT2D eigenvalue weighted by molar-refractivity contribution is 5.99. The third kappa shape index (κ3) is 4.00. The molecule has 1 aromatic carbocycles. The molecule has 7 nitrogen and oxygen atoms in total. The van der Waals surface area contributed by atoms with E-state index in [2.05, 4.69) is 10.3 Å². The molecule has 0 saturated heterocycles. The predicted molar refractivity (Wildman–Crippen MR) is 96.0 cm³/mol. The summed E-state index contributed by atoms with van der Waals surface area (Å²) in [5, 5.41) is 2.81. The zero-order valence-corrected chi connectivity index (χ0v) is 14.7. The van der Waals surface area contributed by atoms with Crippen molar-refractivity contribution in [3.8, 4) is 0 Å². The largest absolute Gasteiger partial charge is 0.379 e. The summed E-state index contributed by atoms with van der Waals surface area (Å²) in [5.74, 6) is -0.781.